The highest BCUT2D eigenvalue weighted by Gasteiger charge is 2.09. The molecule has 0 aliphatic carbocycles. The van der Waals surface area contributed by atoms with Crippen LogP contribution in [0.2, 0.25) is 0 Å². The molecule has 0 saturated carbocycles. The highest BCUT2D eigenvalue weighted by atomic mass is 79.9. The van der Waals surface area contributed by atoms with Crippen molar-refractivity contribution in [1.82, 2.24) is 5.43 Å². The molecule has 0 heterocycles. The summed E-state index contributed by atoms with van der Waals surface area (Å²) in [5.41, 5.74) is 5.83. The average molecular weight is 497 g/mol. The molecule has 27 heavy (non-hydrogen) atoms. The first kappa shape index (κ1) is 21.1. The molecule has 8 heteroatoms. The molecule has 0 aliphatic heterocycles. The van der Waals surface area contributed by atoms with E-state index >= 15 is 0 Å². The van der Waals surface area contributed by atoms with E-state index in [2.05, 4.69) is 47.7 Å². The largest absolute Gasteiger partial charge is 0.506 e. The van der Waals surface area contributed by atoms with Crippen LogP contribution in [-0.4, -0.2) is 23.1 Å². The van der Waals surface area contributed by atoms with Gasteiger partial charge in [0.15, 0.2) is 0 Å². The van der Waals surface area contributed by atoms with E-state index in [4.69, 9.17) is 0 Å². The number of nitrogens with one attached hydrogen (secondary N) is 2. The summed E-state index contributed by atoms with van der Waals surface area (Å²) >= 11 is 6.44. The Balaban J connectivity index is 1.82. The fourth-order valence-corrected chi connectivity index (χ4v) is 3.43. The number of amides is 2. The summed E-state index contributed by atoms with van der Waals surface area (Å²) in [5, 5.41) is 16.3. The molecule has 0 radical (unpaired) electrons. The lowest BCUT2D eigenvalue weighted by molar-refractivity contribution is -0.124. The van der Waals surface area contributed by atoms with Gasteiger partial charge in [-0.1, -0.05) is 12.1 Å². The number of aromatic hydroxyl groups is 1. The summed E-state index contributed by atoms with van der Waals surface area (Å²) in [4.78, 5) is 23.9. The first-order valence-corrected chi connectivity index (χ1v) is 9.72. The summed E-state index contributed by atoms with van der Waals surface area (Å²) < 4.78 is 1.01. The molecule has 0 bridgehead atoms. The number of phenolic OH excluding ortho intramolecular Hbond substituents is 1. The molecule has 2 rings (SSSR count). The molecule has 6 nitrogen and oxygen atoms in total. The lowest BCUT2D eigenvalue weighted by Crippen LogP contribution is -2.20. The molecule has 2 aromatic rings. The van der Waals surface area contributed by atoms with Crippen molar-refractivity contribution in [2.75, 3.05) is 5.32 Å². The molecule has 0 aromatic heterocycles. The van der Waals surface area contributed by atoms with Gasteiger partial charge >= 0.3 is 0 Å². The van der Waals surface area contributed by atoms with E-state index in [1.165, 1.54) is 6.21 Å². The fourth-order valence-electron chi connectivity index (χ4n) is 2.20. The van der Waals surface area contributed by atoms with Crippen LogP contribution in [0.25, 0.3) is 0 Å². The van der Waals surface area contributed by atoms with Crippen molar-refractivity contribution in [1.29, 1.82) is 0 Å². The third-order valence-corrected chi connectivity index (χ3v) is 4.90. The molecule has 0 unspecified atom stereocenters. The van der Waals surface area contributed by atoms with Crippen molar-refractivity contribution >= 4 is 55.6 Å². The van der Waals surface area contributed by atoms with E-state index in [-0.39, 0.29) is 30.4 Å². The zero-order chi connectivity index (χ0) is 20.0. The number of aryl methyl sites for hydroxylation is 2. The van der Waals surface area contributed by atoms with E-state index in [1.807, 2.05) is 32.0 Å². The predicted octanol–water partition coefficient (Wildman–Crippen LogP) is 4.40. The fraction of sp³-hybridized carbons (Fsp3) is 0.211. The maximum Gasteiger partial charge on any atom is 0.240 e. The number of halogens is 2. The van der Waals surface area contributed by atoms with E-state index in [1.54, 1.807) is 12.1 Å². The summed E-state index contributed by atoms with van der Waals surface area (Å²) in [6.45, 7) is 3.86. The van der Waals surface area contributed by atoms with Gasteiger partial charge in [0.1, 0.15) is 5.75 Å². The topological polar surface area (TPSA) is 90.8 Å². The van der Waals surface area contributed by atoms with Crippen molar-refractivity contribution in [2.24, 2.45) is 5.10 Å². The summed E-state index contributed by atoms with van der Waals surface area (Å²) in [5.74, 6) is -0.500. The minimum Gasteiger partial charge on any atom is -0.506 e. The summed E-state index contributed by atoms with van der Waals surface area (Å²) in [6.07, 6.45) is 1.53. The van der Waals surface area contributed by atoms with Gasteiger partial charge in [0.2, 0.25) is 11.8 Å². The van der Waals surface area contributed by atoms with Gasteiger partial charge in [-0.15, -0.1) is 0 Å². The predicted molar refractivity (Wildman–Crippen MR) is 113 cm³/mol. The zero-order valence-corrected chi connectivity index (χ0v) is 18.0. The summed E-state index contributed by atoms with van der Waals surface area (Å²) in [6, 6.07) is 9.13. The number of benzene rings is 2. The Bertz CT molecular complexity index is 875. The Kier molecular flexibility index (Phi) is 7.55. The number of rotatable bonds is 6. The van der Waals surface area contributed by atoms with E-state index in [0.29, 0.717) is 14.5 Å². The van der Waals surface area contributed by atoms with Crippen molar-refractivity contribution in [2.45, 2.75) is 26.7 Å². The molecule has 2 amide bonds. The van der Waals surface area contributed by atoms with Gasteiger partial charge in [-0.25, -0.2) is 5.43 Å². The number of hydrogen-bond acceptors (Lipinski definition) is 4. The van der Waals surface area contributed by atoms with Crippen LogP contribution in [0.5, 0.6) is 5.75 Å². The second-order valence-electron chi connectivity index (χ2n) is 5.99. The van der Waals surface area contributed by atoms with Gasteiger partial charge < -0.3 is 10.4 Å². The minimum atomic E-state index is -0.362. The molecular formula is C19H19Br2N3O3. The zero-order valence-electron chi connectivity index (χ0n) is 14.8. The molecule has 0 spiro atoms. The second kappa shape index (κ2) is 9.66. The van der Waals surface area contributed by atoms with Crippen LogP contribution in [0.15, 0.2) is 44.4 Å². The number of phenols is 1. The molecule has 2 aromatic carbocycles. The average Bonchev–Trinajstić information content (AvgIpc) is 2.61. The monoisotopic (exact) mass is 495 g/mol. The molecule has 0 atom stereocenters. The molecule has 3 N–H and O–H groups in total. The van der Waals surface area contributed by atoms with Gasteiger partial charge in [0.25, 0.3) is 0 Å². The maximum atomic E-state index is 12.0. The highest BCUT2D eigenvalue weighted by Crippen LogP contribution is 2.32. The number of nitrogens with zero attached hydrogens (tertiary/aromatic N) is 1. The van der Waals surface area contributed by atoms with Gasteiger partial charge in [-0.05, 0) is 80.6 Å². The molecule has 0 fully saturated rings. The third-order valence-electron chi connectivity index (χ3n) is 3.69. The van der Waals surface area contributed by atoms with Gasteiger partial charge in [-0.3, -0.25) is 9.59 Å². The first-order chi connectivity index (χ1) is 12.8. The first-order valence-electron chi connectivity index (χ1n) is 8.13. The van der Waals surface area contributed by atoms with Crippen molar-refractivity contribution in [3.05, 3.63) is 56.0 Å². The van der Waals surface area contributed by atoms with Crippen LogP contribution in [0.3, 0.4) is 0 Å². The maximum absolute atomic E-state index is 12.0. The molecule has 142 valence electrons. The second-order valence-corrected chi connectivity index (χ2v) is 7.70. The van der Waals surface area contributed by atoms with Crippen molar-refractivity contribution in [3.63, 3.8) is 0 Å². The minimum absolute atomic E-state index is 0.0248. The summed E-state index contributed by atoms with van der Waals surface area (Å²) in [7, 11) is 0. The number of carbonyl (C=O) groups is 2. The Morgan fingerprint density at radius 3 is 2.37 bits per heavy atom. The van der Waals surface area contributed by atoms with Crippen LogP contribution in [-0.2, 0) is 9.59 Å². The van der Waals surface area contributed by atoms with E-state index in [0.717, 1.165) is 16.8 Å². The number of hydrazone groups is 1. The lowest BCUT2D eigenvalue weighted by Gasteiger charge is -2.09. The Hall–Kier alpha value is -2.19. The van der Waals surface area contributed by atoms with Crippen LogP contribution < -0.4 is 10.7 Å². The Labute approximate surface area is 174 Å². The SMILES string of the molecule is Cc1ccc(C)c(NC(=O)CCC(=O)NN=Cc2cc(Br)c(O)c(Br)c2)c1. The van der Waals surface area contributed by atoms with E-state index in [9.17, 15) is 14.7 Å². The highest BCUT2D eigenvalue weighted by molar-refractivity contribution is 9.11. The van der Waals surface area contributed by atoms with Crippen LogP contribution >= 0.6 is 31.9 Å². The van der Waals surface area contributed by atoms with Crippen molar-refractivity contribution < 1.29 is 14.7 Å². The normalized spacial score (nSPS) is 10.8. The third kappa shape index (κ3) is 6.48. The van der Waals surface area contributed by atoms with Gasteiger partial charge in [0, 0.05) is 18.5 Å². The smallest absolute Gasteiger partial charge is 0.240 e. The Morgan fingerprint density at radius 1 is 1.07 bits per heavy atom. The van der Waals surface area contributed by atoms with Crippen LogP contribution in [0.4, 0.5) is 5.69 Å². The molecular weight excluding hydrogens is 478 g/mol. The lowest BCUT2D eigenvalue weighted by atomic mass is 10.1. The van der Waals surface area contributed by atoms with Crippen molar-refractivity contribution in [3.8, 4) is 5.75 Å². The number of carbonyl (C=O) groups excluding carboxylic acids is 2. The number of hydrogen-bond donors (Lipinski definition) is 3. The number of anilines is 1. The molecule has 0 saturated heterocycles. The van der Waals surface area contributed by atoms with E-state index < -0.39 is 0 Å². The van der Waals surface area contributed by atoms with Gasteiger partial charge in [0.05, 0.1) is 15.2 Å². The van der Waals surface area contributed by atoms with Crippen LogP contribution in [0.1, 0.15) is 29.5 Å². The van der Waals surface area contributed by atoms with Crippen LogP contribution in [0, 0.1) is 13.8 Å². The Morgan fingerprint density at radius 2 is 1.70 bits per heavy atom. The quantitative estimate of drug-likeness (QED) is 0.408. The standard InChI is InChI=1S/C19H19Br2N3O3/c1-11-3-4-12(2)16(7-11)23-17(25)5-6-18(26)24-22-10-13-8-14(20)19(27)15(21)9-13/h3-4,7-10,27H,5-6H2,1-2H3,(H,23,25)(H,24,26). The molecule has 0 aliphatic rings. The van der Waals surface area contributed by atoms with Gasteiger partial charge in [-0.2, -0.15) is 5.10 Å².